The molecule has 1 heterocycles. The molecule has 0 saturated heterocycles. The van der Waals surface area contributed by atoms with Crippen LogP contribution in [0.25, 0.3) is 10.9 Å². The molecule has 6 heteroatoms. The Kier molecular flexibility index (Phi) is 8.65. The minimum atomic E-state index is -0.754. The van der Waals surface area contributed by atoms with Crippen molar-refractivity contribution in [2.75, 3.05) is 19.0 Å². The van der Waals surface area contributed by atoms with Crippen molar-refractivity contribution in [1.29, 1.82) is 0 Å². The molecule has 1 aliphatic rings. The predicted octanol–water partition coefficient (Wildman–Crippen LogP) is 7.46. The highest BCUT2D eigenvalue weighted by atomic mass is 19.1. The molecular formula is C30H37F2N3O. The van der Waals surface area contributed by atoms with Crippen LogP contribution < -0.4 is 4.90 Å². The summed E-state index contributed by atoms with van der Waals surface area (Å²) in [5, 5.41) is 1.08. The summed E-state index contributed by atoms with van der Waals surface area (Å²) in [7, 11) is 4.04. The Labute approximate surface area is 213 Å². The van der Waals surface area contributed by atoms with Crippen LogP contribution in [0.4, 0.5) is 14.6 Å². The van der Waals surface area contributed by atoms with Gasteiger partial charge in [-0.3, -0.25) is 4.79 Å². The molecular weight excluding hydrogens is 456 g/mol. The molecule has 1 aliphatic carbocycles. The number of benzene rings is 2. The van der Waals surface area contributed by atoms with E-state index < -0.39 is 17.4 Å². The summed E-state index contributed by atoms with van der Waals surface area (Å²) >= 11 is 0. The number of ketones is 1. The van der Waals surface area contributed by atoms with E-state index in [1.807, 2.05) is 26.2 Å². The standard InChI is InChI=1S/C30H37F2N3O/c1-20-14-19-24(31)28(29(20)32)26(36)12-6-8-21-15-17-22(18-16-21)9-7-13-27-33-25-11-5-4-10-23(25)30(34-27)35(2)3/h4-5,10-11,14,19,21-22H,6-9,12-13,15-18H2,1-3H3. The van der Waals surface area contributed by atoms with Crippen LogP contribution in [0.15, 0.2) is 36.4 Å². The topological polar surface area (TPSA) is 46.1 Å². The number of carbonyl (C=O) groups excluding carboxylic acids is 1. The lowest BCUT2D eigenvalue weighted by atomic mass is 9.78. The molecule has 0 spiro atoms. The zero-order valence-electron chi connectivity index (χ0n) is 21.7. The number of aryl methyl sites for hydroxylation is 2. The number of hydrogen-bond acceptors (Lipinski definition) is 4. The average molecular weight is 494 g/mol. The Morgan fingerprint density at radius 3 is 2.31 bits per heavy atom. The summed E-state index contributed by atoms with van der Waals surface area (Å²) in [5.74, 6) is 1.33. The Bertz CT molecular complexity index is 1200. The number of nitrogens with zero attached hydrogens (tertiary/aromatic N) is 3. The number of rotatable bonds is 10. The first-order chi connectivity index (χ1) is 17.3. The third-order valence-electron chi connectivity index (χ3n) is 7.61. The van der Waals surface area contributed by atoms with Gasteiger partial charge in [-0.25, -0.2) is 18.7 Å². The molecule has 0 unspecified atom stereocenters. The van der Waals surface area contributed by atoms with E-state index >= 15 is 0 Å². The third-order valence-corrected chi connectivity index (χ3v) is 7.61. The number of Topliss-reactive ketones (excluding diaryl/α,β-unsaturated/α-hetero) is 1. The summed E-state index contributed by atoms with van der Waals surface area (Å²) in [5.41, 5.74) is 0.938. The first-order valence-electron chi connectivity index (χ1n) is 13.2. The van der Waals surface area contributed by atoms with Gasteiger partial charge in [-0.05, 0) is 55.4 Å². The van der Waals surface area contributed by atoms with Crippen LogP contribution in [-0.2, 0) is 6.42 Å². The Morgan fingerprint density at radius 1 is 0.944 bits per heavy atom. The van der Waals surface area contributed by atoms with E-state index in [1.54, 1.807) is 6.92 Å². The molecule has 0 N–H and O–H groups in total. The highest BCUT2D eigenvalue weighted by molar-refractivity contribution is 5.96. The Hall–Kier alpha value is -2.89. The van der Waals surface area contributed by atoms with E-state index in [0.717, 1.165) is 47.7 Å². The molecule has 0 amide bonds. The fourth-order valence-electron chi connectivity index (χ4n) is 5.51. The van der Waals surface area contributed by atoms with Gasteiger partial charge >= 0.3 is 0 Å². The van der Waals surface area contributed by atoms with Gasteiger partial charge in [0.05, 0.1) is 11.1 Å². The molecule has 1 fully saturated rings. The van der Waals surface area contributed by atoms with Crippen molar-refractivity contribution in [2.45, 2.75) is 71.1 Å². The van der Waals surface area contributed by atoms with Gasteiger partial charge < -0.3 is 4.90 Å². The van der Waals surface area contributed by atoms with Gasteiger partial charge in [-0.1, -0.05) is 56.7 Å². The van der Waals surface area contributed by atoms with E-state index in [0.29, 0.717) is 17.9 Å². The molecule has 2 aromatic carbocycles. The van der Waals surface area contributed by atoms with Crippen LogP contribution in [0.5, 0.6) is 0 Å². The second kappa shape index (κ2) is 11.9. The van der Waals surface area contributed by atoms with Crippen LogP contribution >= 0.6 is 0 Å². The fraction of sp³-hybridized carbons (Fsp3) is 0.500. The normalized spacial score (nSPS) is 17.9. The van der Waals surface area contributed by atoms with Crippen LogP contribution in [0.1, 0.15) is 79.5 Å². The summed E-state index contributed by atoms with van der Waals surface area (Å²) in [6, 6.07) is 10.7. The number of carbonyl (C=O) groups is 1. The summed E-state index contributed by atoms with van der Waals surface area (Å²) in [4.78, 5) is 24.1. The van der Waals surface area contributed by atoms with Gasteiger partial charge in [-0.2, -0.15) is 0 Å². The molecule has 0 aliphatic heterocycles. The largest absolute Gasteiger partial charge is 0.362 e. The van der Waals surface area contributed by atoms with Gasteiger partial charge in [0, 0.05) is 32.3 Å². The molecule has 4 nitrogen and oxygen atoms in total. The van der Waals surface area contributed by atoms with Crippen molar-refractivity contribution in [2.24, 2.45) is 11.8 Å². The number of aromatic nitrogens is 2. The molecule has 36 heavy (non-hydrogen) atoms. The highest BCUT2D eigenvalue weighted by Crippen LogP contribution is 2.35. The maximum atomic E-state index is 14.2. The van der Waals surface area contributed by atoms with E-state index in [2.05, 4.69) is 17.0 Å². The SMILES string of the molecule is Cc1ccc(F)c(C(=O)CCCC2CCC(CCCc3nc(N(C)C)c4ccccc4n3)CC2)c1F. The zero-order chi connectivity index (χ0) is 25.7. The highest BCUT2D eigenvalue weighted by Gasteiger charge is 2.23. The van der Waals surface area contributed by atoms with E-state index in [9.17, 15) is 13.6 Å². The minimum Gasteiger partial charge on any atom is -0.362 e. The number of para-hydroxylation sites is 1. The van der Waals surface area contributed by atoms with Gasteiger partial charge in [0.1, 0.15) is 23.3 Å². The molecule has 1 aromatic heterocycles. The molecule has 0 bridgehead atoms. The van der Waals surface area contributed by atoms with Gasteiger partial charge in [-0.15, -0.1) is 0 Å². The van der Waals surface area contributed by atoms with Gasteiger partial charge in [0.25, 0.3) is 0 Å². The summed E-state index contributed by atoms with van der Waals surface area (Å²) in [6.07, 6.45) is 9.76. The van der Waals surface area contributed by atoms with Crippen LogP contribution in [0, 0.1) is 30.4 Å². The van der Waals surface area contributed by atoms with Crippen LogP contribution in [0.3, 0.4) is 0 Å². The second-order valence-corrected chi connectivity index (χ2v) is 10.5. The maximum absolute atomic E-state index is 14.2. The van der Waals surface area contributed by atoms with Crippen molar-refractivity contribution in [1.82, 2.24) is 9.97 Å². The van der Waals surface area contributed by atoms with E-state index in [-0.39, 0.29) is 12.0 Å². The van der Waals surface area contributed by atoms with Crippen molar-refractivity contribution < 1.29 is 13.6 Å². The van der Waals surface area contributed by atoms with E-state index in [1.165, 1.54) is 44.2 Å². The second-order valence-electron chi connectivity index (χ2n) is 10.5. The van der Waals surface area contributed by atoms with Gasteiger partial charge in [0.15, 0.2) is 5.78 Å². The smallest absolute Gasteiger partial charge is 0.168 e. The van der Waals surface area contributed by atoms with Crippen LogP contribution in [-0.4, -0.2) is 29.8 Å². The van der Waals surface area contributed by atoms with Crippen molar-refractivity contribution >= 4 is 22.5 Å². The fourth-order valence-corrected chi connectivity index (χ4v) is 5.51. The Balaban J connectivity index is 1.19. The first kappa shape index (κ1) is 26.2. The molecule has 0 atom stereocenters. The molecule has 3 aromatic rings. The lowest BCUT2D eigenvalue weighted by Crippen LogP contribution is -2.16. The van der Waals surface area contributed by atoms with Crippen molar-refractivity contribution in [3.63, 3.8) is 0 Å². The summed E-state index contributed by atoms with van der Waals surface area (Å²) in [6.45, 7) is 1.56. The minimum absolute atomic E-state index is 0.206. The molecule has 1 saturated carbocycles. The summed E-state index contributed by atoms with van der Waals surface area (Å²) < 4.78 is 28.2. The number of fused-ring (bicyclic) bond motifs is 1. The zero-order valence-corrected chi connectivity index (χ0v) is 21.7. The van der Waals surface area contributed by atoms with Crippen molar-refractivity contribution in [3.8, 4) is 0 Å². The molecule has 0 radical (unpaired) electrons. The number of halogens is 2. The van der Waals surface area contributed by atoms with Gasteiger partial charge in [0.2, 0.25) is 0 Å². The van der Waals surface area contributed by atoms with Crippen LogP contribution in [0.2, 0.25) is 0 Å². The maximum Gasteiger partial charge on any atom is 0.168 e. The predicted molar refractivity (Wildman–Crippen MR) is 142 cm³/mol. The molecule has 4 rings (SSSR count). The third kappa shape index (κ3) is 6.26. The van der Waals surface area contributed by atoms with E-state index in [4.69, 9.17) is 9.97 Å². The molecule has 192 valence electrons. The lowest BCUT2D eigenvalue weighted by Gasteiger charge is -2.28. The van der Waals surface area contributed by atoms with Crippen molar-refractivity contribution in [3.05, 3.63) is 65.0 Å². The first-order valence-corrected chi connectivity index (χ1v) is 13.2. The monoisotopic (exact) mass is 493 g/mol. The quantitative estimate of drug-likeness (QED) is 0.275. The Morgan fingerprint density at radius 2 is 1.61 bits per heavy atom. The number of anilines is 1. The lowest BCUT2D eigenvalue weighted by molar-refractivity contribution is 0.0967. The number of hydrogen-bond donors (Lipinski definition) is 0. The average Bonchev–Trinajstić information content (AvgIpc) is 2.87.